The molecule has 0 saturated heterocycles. The number of fused-ring (bicyclic) bond motifs is 2. The molecule has 0 aromatic heterocycles. The summed E-state index contributed by atoms with van der Waals surface area (Å²) in [6, 6.07) is 17.1. The van der Waals surface area contributed by atoms with Gasteiger partial charge in [-0.2, -0.15) is 28.3 Å². The Kier molecular flexibility index (Phi) is 6.54. The van der Waals surface area contributed by atoms with E-state index in [4.69, 9.17) is 14.9 Å². The lowest BCUT2D eigenvalue weighted by molar-refractivity contribution is -0.114. The van der Waals surface area contributed by atoms with Gasteiger partial charge in [-0.25, -0.2) is 0 Å². The number of aliphatic imine (C=N–C) groups is 1. The SMILES string of the molecule is COc1cc(C=C2C(=N)N3N=C(C(F)(F)F)SC3=NC2=O)cc(Br)c1OCc1cccc2ccccc12. The normalized spacial score (nSPS) is 16.7. The zero-order valence-corrected chi connectivity index (χ0v) is 21.4. The summed E-state index contributed by atoms with van der Waals surface area (Å²) in [5.41, 5.74) is 1.21. The summed E-state index contributed by atoms with van der Waals surface area (Å²) in [5, 5.41) is 13.0. The molecule has 0 saturated carbocycles. The van der Waals surface area contributed by atoms with Crippen molar-refractivity contribution < 1.29 is 27.4 Å². The molecular weight excluding hydrogens is 573 g/mol. The lowest BCUT2D eigenvalue weighted by atomic mass is 10.1. The maximum Gasteiger partial charge on any atom is 0.441 e. The average Bonchev–Trinajstić information content (AvgIpc) is 3.30. The van der Waals surface area contributed by atoms with E-state index >= 15 is 0 Å². The third-order valence-electron chi connectivity index (χ3n) is 5.51. The minimum absolute atomic E-state index is 0.200. The van der Waals surface area contributed by atoms with Crippen LogP contribution < -0.4 is 9.47 Å². The second-order valence-corrected chi connectivity index (χ2v) is 9.69. The molecule has 7 nitrogen and oxygen atoms in total. The largest absolute Gasteiger partial charge is 0.493 e. The topological polar surface area (TPSA) is 87.3 Å². The fraction of sp³-hybridized carbons (Fsp3) is 0.120. The van der Waals surface area contributed by atoms with E-state index in [-0.39, 0.29) is 29.1 Å². The molecule has 0 bridgehead atoms. The highest BCUT2D eigenvalue weighted by molar-refractivity contribution is 9.10. The molecule has 0 radical (unpaired) electrons. The summed E-state index contributed by atoms with van der Waals surface area (Å²) >= 11 is 3.67. The van der Waals surface area contributed by atoms with Crippen LogP contribution in [0, 0.1) is 5.41 Å². The van der Waals surface area contributed by atoms with Crippen LogP contribution in [0.4, 0.5) is 13.2 Å². The fourth-order valence-corrected chi connectivity index (χ4v) is 5.14. The van der Waals surface area contributed by atoms with Gasteiger partial charge in [0.25, 0.3) is 5.91 Å². The Labute approximate surface area is 221 Å². The van der Waals surface area contributed by atoms with Crippen molar-refractivity contribution in [1.29, 1.82) is 5.41 Å². The summed E-state index contributed by atoms with van der Waals surface area (Å²) < 4.78 is 51.2. The number of hydrogen-bond acceptors (Lipinski definition) is 6. The maximum atomic E-state index is 13.0. The first-order valence-corrected chi connectivity index (χ1v) is 12.3. The Morgan fingerprint density at radius 2 is 1.92 bits per heavy atom. The average molecular weight is 589 g/mol. The minimum Gasteiger partial charge on any atom is -0.493 e. The minimum atomic E-state index is -4.71. The van der Waals surface area contributed by atoms with Crippen molar-refractivity contribution >= 4 is 66.5 Å². The third-order valence-corrected chi connectivity index (χ3v) is 7.05. The number of halogens is 4. The number of amidine groups is 2. The van der Waals surface area contributed by atoms with E-state index in [0.717, 1.165) is 16.3 Å². The zero-order chi connectivity index (χ0) is 26.3. The Morgan fingerprint density at radius 1 is 1.16 bits per heavy atom. The van der Waals surface area contributed by atoms with Gasteiger partial charge in [-0.15, -0.1) is 0 Å². The molecule has 2 heterocycles. The van der Waals surface area contributed by atoms with Crippen molar-refractivity contribution in [2.24, 2.45) is 10.1 Å². The molecule has 37 heavy (non-hydrogen) atoms. The van der Waals surface area contributed by atoms with E-state index in [0.29, 0.717) is 26.5 Å². The van der Waals surface area contributed by atoms with Gasteiger partial charge in [0, 0.05) is 0 Å². The summed E-state index contributed by atoms with van der Waals surface area (Å²) in [7, 11) is 1.46. The van der Waals surface area contributed by atoms with Crippen LogP contribution in [0.25, 0.3) is 16.8 Å². The molecule has 5 rings (SSSR count). The van der Waals surface area contributed by atoms with Crippen LogP contribution >= 0.6 is 27.7 Å². The molecule has 3 aromatic rings. The van der Waals surface area contributed by atoms with E-state index in [1.807, 2.05) is 42.5 Å². The number of thioether (sulfide) groups is 1. The highest BCUT2D eigenvalue weighted by Gasteiger charge is 2.46. The van der Waals surface area contributed by atoms with E-state index < -0.39 is 23.0 Å². The van der Waals surface area contributed by atoms with Crippen molar-refractivity contribution in [3.63, 3.8) is 0 Å². The predicted molar refractivity (Wildman–Crippen MR) is 140 cm³/mol. The Balaban J connectivity index is 1.43. The standard InChI is InChI=1S/C25H16BrF3N4O3S/c1-35-19-11-13(9-17-21(30)33-24(31-22(17)34)37-23(32-33)25(27,28)29)10-18(26)20(19)36-12-15-7-4-6-14-5-2-3-8-16(14)15/h2-11,30H,12H2,1H3. The van der Waals surface area contributed by atoms with Crippen LogP contribution in [0.15, 0.2) is 74.7 Å². The van der Waals surface area contributed by atoms with E-state index in [9.17, 15) is 18.0 Å². The zero-order valence-electron chi connectivity index (χ0n) is 19.0. The number of ether oxygens (including phenoxy) is 2. The predicted octanol–water partition coefficient (Wildman–Crippen LogP) is 6.37. The summed E-state index contributed by atoms with van der Waals surface area (Å²) in [6.45, 7) is 0.267. The number of amides is 1. The number of nitrogens with one attached hydrogen (secondary N) is 1. The van der Waals surface area contributed by atoms with Crippen LogP contribution in [0.5, 0.6) is 11.5 Å². The first-order valence-electron chi connectivity index (χ1n) is 10.7. The first-order chi connectivity index (χ1) is 17.7. The van der Waals surface area contributed by atoms with Gasteiger partial charge in [0.05, 0.1) is 17.2 Å². The van der Waals surface area contributed by atoms with Gasteiger partial charge >= 0.3 is 6.18 Å². The fourth-order valence-electron chi connectivity index (χ4n) is 3.80. The molecule has 2 aliphatic rings. The molecule has 2 aliphatic heterocycles. The first kappa shape index (κ1) is 25.0. The van der Waals surface area contributed by atoms with Gasteiger partial charge in [-0.3, -0.25) is 10.2 Å². The summed E-state index contributed by atoms with van der Waals surface area (Å²) in [6.07, 6.45) is -3.36. The monoisotopic (exact) mass is 588 g/mol. The summed E-state index contributed by atoms with van der Waals surface area (Å²) in [5.74, 6) is -0.560. The van der Waals surface area contributed by atoms with Gasteiger partial charge < -0.3 is 9.47 Å². The highest BCUT2D eigenvalue weighted by Crippen LogP contribution is 2.39. The number of methoxy groups -OCH3 is 1. The Morgan fingerprint density at radius 3 is 2.68 bits per heavy atom. The maximum absolute atomic E-state index is 13.0. The van der Waals surface area contributed by atoms with Crippen molar-refractivity contribution in [2.45, 2.75) is 12.8 Å². The lowest BCUT2D eigenvalue weighted by Gasteiger charge is -2.20. The van der Waals surface area contributed by atoms with Crippen LogP contribution in [0.2, 0.25) is 0 Å². The van der Waals surface area contributed by atoms with Gasteiger partial charge in [0.1, 0.15) is 6.61 Å². The lowest BCUT2D eigenvalue weighted by Crippen LogP contribution is -2.35. The molecule has 0 fully saturated rings. The molecular formula is C25H16BrF3N4O3S. The quantitative estimate of drug-likeness (QED) is 0.350. The second-order valence-electron chi connectivity index (χ2n) is 7.88. The number of benzene rings is 3. The van der Waals surface area contributed by atoms with Crippen molar-refractivity contribution in [1.82, 2.24) is 5.01 Å². The number of carbonyl (C=O) groups is 1. The summed E-state index contributed by atoms with van der Waals surface area (Å²) in [4.78, 5) is 16.2. The molecule has 3 aromatic carbocycles. The third kappa shape index (κ3) is 4.86. The van der Waals surface area contributed by atoms with Gasteiger partial charge in [-0.1, -0.05) is 42.5 Å². The van der Waals surface area contributed by atoms with Gasteiger partial charge in [-0.05, 0) is 67.8 Å². The molecule has 188 valence electrons. The van der Waals surface area contributed by atoms with Gasteiger partial charge in [0.2, 0.25) is 10.2 Å². The van der Waals surface area contributed by atoms with Crippen molar-refractivity contribution in [3.05, 3.63) is 75.8 Å². The number of rotatable bonds is 5. The molecule has 12 heteroatoms. The van der Waals surface area contributed by atoms with Crippen LogP contribution in [0.3, 0.4) is 0 Å². The van der Waals surface area contributed by atoms with Crippen LogP contribution in [-0.4, -0.2) is 40.2 Å². The number of carbonyl (C=O) groups excluding carboxylic acids is 1. The number of hydrazone groups is 1. The second kappa shape index (κ2) is 9.67. The molecule has 0 spiro atoms. The Hall–Kier alpha value is -3.64. The van der Waals surface area contributed by atoms with Crippen molar-refractivity contribution in [2.75, 3.05) is 7.11 Å². The number of hydrogen-bond donors (Lipinski definition) is 1. The van der Waals surface area contributed by atoms with E-state index in [1.165, 1.54) is 13.2 Å². The smallest absolute Gasteiger partial charge is 0.441 e. The Bertz CT molecular complexity index is 1550. The molecule has 0 aliphatic carbocycles. The van der Waals surface area contributed by atoms with Crippen molar-refractivity contribution in [3.8, 4) is 11.5 Å². The van der Waals surface area contributed by atoms with E-state index in [2.05, 4.69) is 26.0 Å². The number of nitrogens with zero attached hydrogens (tertiary/aromatic N) is 3. The van der Waals surface area contributed by atoms with E-state index in [1.54, 1.807) is 12.1 Å². The molecule has 0 atom stereocenters. The molecule has 1 N–H and O–H groups in total. The van der Waals surface area contributed by atoms with Crippen LogP contribution in [0.1, 0.15) is 11.1 Å². The molecule has 1 amide bonds. The highest BCUT2D eigenvalue weighted by atomic mass is 79.9. The molecule has 0 unspecified atom stereocenters. The number of alkyl halides is 3. The van der Waals surface area contributed by atoms with Crippen LogP contribution in [-0.2, 0) is 11.4 Å². The van der Waals surface area contributed by atoms with Gasteiger partial charge in [0.15, 0.2) is 17.3 Å².